The first-order valence-corrected chi connectivity index (χ1v) is 11.5. The van der Waals surface area contributed by atoms with Gasteiger partial charge < -0.3 is 15.0 Å². The second kappa shape index (κ2) is 10.0. The molecule has 9 heteroatoms. The molecule has 0 spiro atoms. The van der Waals surface area contributed by atoms with Crippen molar-refractivity contribution < 1.29 is 4.74 Å². The summed E-state index contributed by atoms with van der Waals surface area (Å²) in [4.78, 5) is 11.3. The average Bonchev–Trinajstić information content (AvgIpc) is 3.32. The zero-order valence-corrected chi connectivity index (χ0v) is 18.5. The SMILES string of the molecule is CCc1cnc(N2CCC(C3NC(COc4ccc(N(N)C=N)cc4)=CS3)CC2)nc1. The predicted octanol–water partition coefficient (Wildman–Crippen LogP) is 3.13. The molecule has 4 rings (SSSR count). The van der Waals surface area contributed by atoms with E-state index in [4.69, 9.17) is 16.0 Å². The minimum atomic E-state index is 0.393. The Hall–Kier alpha value is -2.78. The minimum absolute atomic E-state index is 0.393. The number of anilines is 2. The number of aromatic nitrogens is 2. The van der Waals surface area contributed by atoms with Gasteiger partial charge in [0.2, 0.25) is 5.95 Å². The molecular formula is C22H29N7OS. The van der Waals surface area contributed by atoms with Crippen molar-refractivity contribution in [2.75, 3.05) is 29.6 Å². The van der Waals surface area contributed by atoms with Crippen molar-refractivity contribution in [2.24, 2.45) is 11.8 Å². The Morgan fingerprint density at radius 3 is 2.61 bits per heavy atom. The molecule has 0 radical (unpaired) electrons. The van der Waals surface area contributed by atoms with Crippen LogP contribution in [0.5, 0.6) is 5.75 Å². The van der Waals surface area contributed by atoms with Gasteiger partial charge in [0.1, 0.15) is 18.7 Å². The number of hydrogen-bond donors (Lipinski definition) is 3. The predicted molar refractivity (Wildman–Crippen MR) is 126 cm³/mol. The van der Waals surface area contributed by atoms with E-state index < -0.39 is 0 Å². The molecular weight excluding hydrogens is 410 g/mol. The van der Waals surface area contributed by atoms with E-state index >= 15 is 0 Å². The van der Waals surface area contributed by atoms with E-state index in [9.17, 15) is 0 Å². The van der Waals surface area contributed by atoms with E-state index in [0.29, 0.717) is 17.9 Å². The van der Waals surface area contributed by atoms with Gasteiger partial charge in [-0.15, -0.1) is 11.8 Å². The highest BCUT2D eigenvalue weighted by atomic mass is 32.2. The summed E-state index contributed by atoms with van der Waals surface area (Å²) in [5.74, 6) is 7.91. The van der Waals surface area contributed by atoms with E-state index in [-0.39, 0.29) is 0 Å². The maximum absolute atomic E-state index is 7.18. The van der Waals surface area contributed by atoms with Crippen LogP contribution in [-0.2, 0) is 6.42 Å². The highest BCUT2D eigenvalue weighted by Crippen LogP contribution is 2.33. The van der Waals surface area contributed by atoms with Crippen LogP contribution in [0.1, 0.15) is 25.3 Å². The molecule has 2 aliphatic heterocycles. The Balaban J connectivity index is 1.21. The van der Waals surface area contributed by atoms with E-state index in [0.717, 1.165) is 61.8 Å². The summed E-state index contributed by atoms with van der Waals surface area (Å²) < 4.78 is 5.90. The molecule has 4 N–H and O–H groups in total. The molecule has 1 atom stereocenters. The summed E-state index contributed by atoms with van der Waals surface area (Å²) in [5, 5.41) is 14.6. The molecule has 1 saturated heterocycles. The number of nitrogens with two attached hydrogens (primary N) is 1. The summed E-state index contributed by atoms with van der Waals surface area (Å²) >= 11 is 1.85. The maximum atomic E-state index is 7.18. The van der Waals surface area contributed by atoms with Gasteiger partial charge in [0.25, 0.3) is 0 Å². The first kappa shape index (κ1) is 21.5. The lowest BCUT2D eigenvalue weighted by atomic mass is 9.96. The zero-order valence-electron chi connectivity index (χ0n) is 17.7. The number of piperidine rings is 1. The van der Waals surface area contributed by atoms with Crippen molar-refractivity contribution in [1.82, 2.24) is 15.3 Å². The Morgan fingerprint density at radius 2 is 1.97 bits per heavy atom. The van der Waals surface area contributed by atoms with Crippen molar-refractivity contribution in [1.29, 1.82) is 5.41 Å². The summed E-state index contributed by atoms with van der Waals surface area (Å²) in [7, 11) is 0. The van der Waals surface area contributed by atoms with Crippen LogP contribution in [-0.4, -0.2) is 41.4 Å². The number of hydrogen-bond acceptors (Lipinski definition) is 8. The number of aryl methyl sites for hydroxylation is 1. The molecule has 0 amide bonds. The van der Waals surface area contributed by atoms with E-state index in [1.165, 1.54) is 10.6 Å². The van der Waals surface area contributed by atoms with Crippen LogP contribution in [0.3, 0.4) is 0 Å². The largest absolute Gasteiger partial charge is 0.487 e. The number of hydrazine groups is 1. The van der Waals surface area contributed by atoms with Gasteiger partial charge in [-0.3, -0.25) is 10.4 Å². The van der Waals surface area contributed by atoms with Crippen LogP contribution in [0, 0.1) is 11.3 Å². The molecule has 2 aromatic rings. The van der Waals surface area contributed by atoms with Gasteiger partial charge in [-0.25, -0.2) is 15.8 Å². The lowest BCUT2D eigenvalue weighted by Crippen LogP contribution is -2.41. The third kappa shape index (κ3) is 5.29. The van der Waals surface area contributed by atoms with Crippen molar-refractivity contribution >= 4 is 29.7 Å². The number of rotatable bonds is 8. The van der Waals surface area contributed by atoms with Crippen molar-refractivity contribution in [3.8, 4) is 5.75 Å². The van der Waals surface area contributed by atoms with Gasteiger partial charge in [0, 0.05) is 25.5 Å². The first-order chi connectivity index (χ1) is 15.2. The van der Waals surface area contributed by atoms with Crippen LogP contribution in [0.25, 0.3) is 0 Å². The number of nitrogens with one attached hydrogen (secondary N) is 2. The fourth-order valence-electron chi connectivity index (χ4n) is 3.76. The normalized spacial score (nSPS) is 19.0. The Bertz CT molecular complexity index is 895. The summed E-state index contributed by atoms with van der Waals surface area (Å²) in [6.07, 6.45) is 8.15. The number of benzene rings is 1. The molecule has 2 aliphatic rings. The highest BCUT2D eigenvalue weighted by Gasteiger charge is 2.30. The van der Waals surface area contributed by atoms with Crippen molar-refractivity contribution in [3.05, 3.63) is 53.3 Å². The first-order valence-electron chi connectivity index (χ1n) is 10.6. The summed E-state index contributed by atoms with van der Waals surface area (Å²) in [5.41, 5.74) is 3.03. The van der Waals surface area contributed by atoms with Gasteiger partial charge in [-0.2, -0.15) is 0 Å². The topological polar surface area (TPSA) is 103 Å². The molecule has 1 unspecified atom stereocenters. The molecule has 0 saturated carbocycles. The van der Waals surface area contributed by atoms with Crippen molar-refractivity contribution in [3.63, 3.8) is 0 Å². The van der Waals surface area contributed by atoms with Crippen LogP contribution < -0.4 is 25.8 Å². The van der Waals surface area contributed by atoms with Crippen LogP contribution in [0.4, 0.5) is 11.6 Å². The third-order valence-electron chi connectivity index (χ3n) is 5.70. The quantitative estimate of drug-likeness (QED) is 0.249. The third-order valence-corrected chi connectivity index (χ3v) is 6.92. The van der Waals surface area contributed by atoms with Crippen molar-refractivity contribution in [2.45, 2.75) is 31.6 Å². The Kier molecular flexibility index (Phi) is 6.93. The standard InChI is InChI=1S/C22H29N7OS/c1-2-16-11-25-22(26-12-16)28-9-7-17(8-10-28)21-27-18(14-31-21)13-30-20-5-3-19(4-6-20)29(24)15-23/h3-6,11-12,14-15,17,21,23,27H,2,7-10,13,24H2,1H3. The maximum Gasteiger partial charge on any atom is 0.225 e. The number of ether oxygens (including phenoxy) is 1. The molecule has 1 aromatic carbocycles. The van der Waals surface area contributed by atoms with Gasteiger partial charge in [0.05, 0.1) is 16.8 Å². The lowest BCUT2D eigenvalue weighted by Gasteiger charge is -2.34. The molecule has 1 fully saturated rings. The average molecular weight is 440 g/mol. The Morgan fingerprint density at radius 1 is 1.26 bits per heavy atom. The van der Waals surface area contributed by atoms with E-state index in [2.05, 4.69) is 32.5 Å². The molecule has 0 bridgehead atoms. The summed E-state index contributed by atoms with van der Waals surface area (Å²) in [6, 6.07) is 7.40. The van der Waals surface area contributed by atoms with Gasteiger partial charge in [-0.1, -0.05) is 6.92 Å². The molecule has 8 nitrogen and oxygen atoms in total. The smallest absolute Gasteiger partial charge is 0.225 e. The molecule has 1 aromatic heterocycles. The molecule has 164 valence electrons. The molecule has 3 heterocycles. The van der Waals surface area contributed by atoms with Gasteiger partial charge in [0.15, 0.2) is 0 Å². The monoisotopic (exact) mass is 439 g/mol. The van der Waals surface area contributed by atoms with Gasteiger partial charge >= 0.3 is 0 Å². The Labute approximate surface area is 187 Å². The fraction of sp³-hybridized carbons (Fsp3) is 0.409. The van der Waals surface area contributed by atoms with Crippen LogP contribution in [0.2, 0.25) is 0 Å². The van der Waals surface area contributed by atoms with E-state index in [1.54, 1.807) is 0 Å². The van der Waals surface area contributed by atoms with Crippen LogP contribution in [0.15, 0.2) is 47.8 Å². The number of nitrogens with zero attached hydrogens (tertiary/aromatic N) is 4. The summed E-state index contributed by atoms with van der Waals surface area (Å²) in [6.45, 7) is 4.60. The van der Waals surface area contributed by atoms with E-state index in [1.807, 2.05) is 48.4 Å². The second-order valence-corrected chi connectivity index (χ2v) is 8.75. The van der Waals surface area contributed by atoms with Gasteiger partial charge in [-0.05, 0) is 60.4 Å². The lowest BCUT2D eigenvalue weighted by molar-refractivity contribution is 0.327. The molecule has 0 aliphatic carbocycles. The molecule has 31 heavy (non-hydrogen) atoms. The fourth-order valence-corrected chi connectivity index (χ4v) is 4.92. The zero-order chi connectivity index (χ0) is 21.6. The van der Waals surface area contributed by atoms with Crippen LogP contribution >= 0.6 is 11.8 Å². The second-order valence-electron chi connectivity index (χ2n) is 7.73. The highest BCUT2D eigenvalue weighted by molar-refractivity contribution is 8.03. The minimum Gasteiger partial charge on any atom is -0.487 e. The number of thioether (sulfide) groups is 1.